The monoisotopic (exact) mass is 244 g/mol. The van der Waals surface area contributed by atoms with E-state index in [4.69, 9.17) is 4.42 Å². The summed E-state index contributed by atoms with van der Waals surface area (Å²) in [4.78, 5) is 0. The van der Waals surface area contributed by atoms with E-state index in [1.165, 1.54) is 12.0 Å². The first-order valence-electron chi connectivity index (χ1n) is 6.55. The zero-order valence-electron chi connectivity index (χ0n) is 11.0. The number of furan rings is 1. The van der Waals surface area contributed by atoms with Crippen LogP contribution < -0.4 is 0 Å². The van der Waals surface area contributed by atoms with Crippen LogP contribution in [0.15, 0.2) is 40.8 Å². The predicted molar refractivity (Wildman–Crippen MR) is 73.5 cm³/mol. The van der Waals surface area contributed by atoms with Crippen molar-refractivity contribution in [1.82, 2.24) is 0 Å². The molecule has 0 fully saturated rings. The van der Waals surface area contributed by atoms with E-state index in [1.807, 2.05) is 12.1 Å². The highest BCUT2D eigenvalue weighted by Crippen LogP contribution is 2.23. The molecule has 0 amide bonds. The molecule has 1 atom stereocenters. The van der Waals surface area contributed by atoms with Gasteiger partial charge in [-0.3, -0.25) is 0 Å². The van der Waals surface area contributed by atoms with Crippen molar-refractivity contribution in [3.8, 4) is 11.3 Å². The Balaban J connectivity index is 2.13. The molecular formula is C16H20O2. The van der Waals surface area contributed by atoms with Crippen molar-refractivity contribution in [3.05, 3.63) is 47.7 Å². The Morgan fingerprint density at radius 3 is 2.44 bits per heavy atom. The molecule has 0 bridgehead atoms. The van der Waals surface area contributed by atoms with Crippen molar-refractivity contribution in [2.45, 2.75) is 39.2 Å². The van der Waals surface area contributed by atoms with Gasteiger partial charge in [0.25, 0.3) is 0 Å². The Bertz CT molecular complexity index is 480. The molecule has 0 aliphatic rings. The number of rotatable bonds is 5. The third kappa shape index (κ3) is 3.23. The Morgan fingerprint density at radius 2 is 1.83 bits per heavy atom. The average molecular weight is 244 g/mol. The van der Waals surface area contributed by atoms with Gasteiger partial charge in [-0.15, -0.1) is 0 Å². The van der Waals surface area contributed by atoms with E-state index < -0.39 is 0 Å². The van der Waals surface area contributed by atoms with Gasteiger partial charge < -0.3 is 9.52 Å². The summed E-state index contributed by atoms with van der Waals surface area (Å²) in [5.74, 6) is 1.70. The molecular weight excluding hydrogens is 224 g/mol. The van der Waals surface area contributed by atoms with Gasteiger partial charge in [0.05, 0.1) is 6.10 Å². The lowest BCUT2D eigenvalue weighted by atomic mass is 10.1. The lowest BCUT2D eigenvalue weighted by Crippen LogP contribution is -2.02. The molecule has 2 rings (SSSR count). The van der Waals surface area contributed by atoms with Gasteiger partial charge in [-0.25, -0.2) is 0 Å². The van der Waals surface area contributed by atoms with Crippen LogP contribution in [-0.2, 0) is 12.8 Å². The van der Waals surface area contributed by atoms with Gasteiger partial charge in [-0.1, -0.05) is 37.6 Å². The quantitative estimate of drug-likeness (QED) is 0.867. The number of hydrogen-bond acceptors (Lipinski definition) is 2. The Hall–Kier alpha value is -1.54. The maximum Gasteiger partial charge on any atom is 0.134 e. The van der Waals surface area contributed by atoms with Crippen LogP contribution in [0.3, 0.4) is 0 Å². The van der Waals surface area contributed by atoms with Crippen LogP contribution in [-0.4, -0.2) is 11.2 Å². The van der Waals surface area contributed by atoms with Gasteiger partial charge in [-0.05, 0) is 31.0 Å². The highest BCUT2D eigenvalue weighted by molar-refractivity contribution is 5.58. The molecule has 1 N–H and O–H groups in total. The van der Waals surface area contributed by atoms with Gasteiger partial charge in [0.15, 0.2) is 0 Å². The smallest absolute Gasteiger partial charge is 0.134 e. The molecule has 0 aliphatic heterocycles. The van der Waals surface area contributed by atoms with E-state index in [0.29, 0.717) is 6.42 Å². The van der Waals surface area contributed by atoms with E-state index in [1.54, 1.807) is 6.92 Å². The highest BCUT2D eigenvalue weighted by atomic mass is 16.3. The first-order valence-corrected chi connectivity index (χ1v) is 6.55. The molecule has 96 valence electrons. The second-order valence-corrected chi connectivity index (χ2v) is 4.77. The van der Waals surface area contributed by atoms with Crippen LogP contribution in [0, 0.1) is 0 Å². The Labute approximate surface area is 108 Å². The summed E-state index contributed by atoms with van der Waals surface area (Å²) in [6.07, 6.45) is 2.48. The molecule has 2 heteroatoms. The van der Waals surface area contributed by atoms with E-state index in [0.717, 1.165) is 23.5 Å². The summed E-state index contributed by atoms with van der Waals surface area (Å²) in [5.41, 5.74) is 2.45. The summed E-state index contributed by atoms with van der Waals surface area (Å²) in [5, 5.41) is 9.32. The van der Waals surface area contributed by atoms with Gasteiger partial charge in [0, 0.05) is 12.0 Å². The molecule has 0 spiro atoms. The van der Waals surface area contributed by atoms with Crippen LogP contribution in [0.25, 0.3) is 11.3 Å². The fourth-order valence-corrected chi connectivity index (χ4v) is 2.06. The van der Waals surface area contributed by atoms with Crippen LogP contribution in [0.2, 0.25) is 0 Å². The van der Waals surface area contributed by atoms with E-state index >= 15 is 0 Å². The van der Waals surface area contributed by atoms with Crippen molar-refractivity contribution < 1.29 is 9.52 Å². The van der Waals surface area contributed by atoms with Crippen LogP contribution in [0.4, 0.5) is 0 Å². The second kappa shape index (κ2) is 5.87. The predicted octanol–water partition coefficient (Wildman–Crippen LogP) is 3.82. The maximum atomic E-state index is 9.32. The molecule has 2 aromatic rings. The summed E-state index contributed by atoms with van der Waals surface area (Å²) in [6.45, 7) is 3.95. The summed E-state index contributed by atoms with van der Waals surface area (Å²) < 4.78 is 5.72. The number of benzene rings is 1. The maximum absolute atomic E-state index is 9.32. The van der Waals surface area contributed by atoms with Gasteiger partial charge in [-0.2, -0.15) is 0 Å². The zero-order chi connectivity index (χ0) is 13.0. The molecule has 1 aromatic heterocycles. The first-order chi connectivity index (χ1) is 8.69. The highest BCUT2D eigenvalue weighted by Gasteiger charge is 2.07. The Kier molecular flexibility index (Phi) is 4.21. The third-order valence-electron chi connectivity index (χ3n) is 2.94. The first kappa shape index (κ1) is 12.9. The molecule has 0 radical (unpaired) electrons. The normalized spacial score (nSPS) is 12.6. The van der Waals surface area contributed by atoms with Gasteiger partial charge in [0.1, 0.15) is 11.5 Å². The third-order valence-corrected chi connectivity index (χ3v) is 2.94. The summed E-state index contributed by atoms with van der Waals surface area (Å²) in [6, 6.07) is 12.4. The number of aliphatic hydroxyl groups excluding tert-OH is 1. The largest absolute Gasteiger partial charge is 0.461 e. The molecule has 1 heterocycles. The second-order valence-electron chi connectivity index (χ2n) is 4.77. The van der Waals surface area contributed by atoms with Crippen molar-refractivity contribution in [2.75, 3.05) is 0 Å². The molecule has 0 saturated heterocycles. The van der Waals surface area contributed by atoms with E-state index in [2.05, 4.69) is 31.2 Å². The minimum Gasteiger partial charge on any atom is -0.461 e. The average Bonchev–Trinajstić information content (AvgIpc) is 2.78. The fourth-order valence-electron chi connectivity index (χ4n) is 2.06. The van der Waals surface area contributed by atoms with Crippen LogP contribution in [0.1, 0.15) is 31.6 Å². The Morgan fingerprint density at radius 1 is 1.11 bits per heavy atom. The fraction of sp³-hybridized carbons (Fsp3) is 0.375. The number of hydrogen-bond donors (Lipinski definition) is 1. The SMILES string of the molecule is CCCc1ccc(-c2ccc(CC(C)O)o2)cc1. The van der Waals surface area contributed by atoms with E-state index in [-0.39, 0.29) is 6.10 Å². The van der Waals surface area contributed by atoms with E-state index in [9.17, 15) is 5.11 Å². The minimum atomic E-state index is -0.365. The van der Waals surface area contributed by atoms with Crippen molar-refractivity contribution in [3.63, 3.8) is 0 Å². The molecule has 18 heavy (non-hydrogen) atoms. The molecule has 0 aliphatic carbocycles. The van der Waals surface area contributed by atoms with Crippen LogP contribution in [0.5, 0.6) is 0 Å². The topological polar surface area (TPSA) is 33.4 Å². The number of aliphatic hydroxyl groups is 1. The standard InChI is InChI=1S/C16H20O2/c1-3-4-13-5-7-14(8-6-13)16-10-9-15(18-16)11-12(2)17/h5-10,12,17H,3-4,11H2,1-2H3. The van der Waals surface area contributed by atoms with Crippen molar-refractivity contribution in [1.29, 1.82) is 0 Å². The minimum absolute atomic E-state index is 0.365. The van der Waals surface area contributed by atoms with Gasteiger partial charge in [0.2, 0.25) is 0 Å². The van der Waals surface area contributed by atoms with Crippen LogP contribution >= 0.6 is 0 Å². The number of aryl methyl sites for hydroxylation is 1. The van der Waals surface area contributed by atoms with Crippen molar-refractivity contribution >= 4 is 0 Å². The molecule has 2 nitrogen and oxygen atoms in total. The molecule has 0 saturated carbocycles. The summed E-state index contributed by atoms with van der Waals surface area (Å²) in [7, 11) is 0. The zero-order valence-corrected chi connectivity index (χ0v) is 11.0. The molecule has 1 aromatic carbocycles. The lowest BCUT2D eigenvalue weighted by molar-refractivity contribution is 0.187. The van der Waals surface area contributed by atoms with Gasteiger partial charge >= 0.3 is 0 Å². The van der Waals surface area contributed by atoms with Crippen molar-refractivity contribution in [2.24, 2.45) is 0 Å². The molecule has 1 unspecified atom stereocenters. The lowest BCUT2D eigenvalue weighted by Gasteiger charge is -2.02. The summed E-state index contributed by atoms with van der Waals surface area (Å²) >= 11 is 0.